The van der Waals surface area contributed by atoms with Crippen LogP contribution in [-0.4, -0.2) is 33.1 Å². The van der Waals surface area contributed by atoms with Crippen LogP contribution in [0.25, 0.3) is 6.08 Å². The van der Waals surface area contributed by atoms with Crippen LogP contribution < -0.4 is 4.72 Å². The van der Waals surface area contributed by atoms with Crippen LogP contribution in [0, 0.1) is 0 Å². The Kier molecular flexibility index (Phi) is 5.72. The van der Waals surface area contributed by atoms with Gasteiger partial charge in [-0.15, -0.1) is 0 Å². The van der Waals surface area contributed by atoms with Crippen LogP contribution >= 0.6 is 0 Å². The molecule has 1 fully saturated rings. The normalized spacial score (nSPS) is 17.2. The molecular formula is C18H17NO7S. The highest BCUT2D eigenvalue weighted by molar-refractivity contribution is 7.89. The summed E-state index contributed by atoms with van der Waals surface area (Å²) in [5, 5.41) is 0. The van der Waals surface area contributed by atoms with Crippen molar-refractivity contribution >= 4 is 28.0 Å². The Hall–Kier alpha value is -2.91. The minimum absolute atomic E-state index is 0.0480. The SMILES string of the molecule is O=C(C=Cc1ccc(S(=O)(=O)NCc2ccco2)cc1)OC1CCOC1=O. The lowest BCUT2D eigenvalue weighted by Gasteiger charge is -2.06. The summed E-state index contributed by atoms with van der Waals surface area (Å²) < 4.78 is 41.7. The van der Waals surface area contributed by atoms with Gasteiger partial charge in [0.25, 0.3) is 0 Å². The van der Waals surface area contributed by atoms with Crippen molar-refractivity contribution in [2.24, 2.45) is 0 Å². The molecule has 1 saturated heterocycles. The van der Waals surface area contributed by atoms with Gasteiger partial charge in [-0.05, 0) is 35.9 Å². The van der Waals surface area contributed by atoms with E-state index in [-0.39, 0.29) is 18.0 Å². The second kappa shape index (κ2) is 8.19. The molecule has 1 aromatic heterocycles. The van der Waals surface area contributed by atoms with E-state index >= 15 is 0 Å². The predicted molar refractivity (Wildman–Crippen MR) is 93.7 cm³/mol. The minimum Gasteiger partial charge on any atom is -0.468 e. The molecule has 0 aliphatic carbocycles. The van der Waals surface area contributed by atoms with Crippen molar-refractivity contribution in [3.05, 3.63) is 60.1 Å². The van der Waals surface area contributed by atoms with Gasteiger partial charge in [0.05, 0.1) is 24.3 Å². The Morgan fingerprint density at radius 3 is 2.67 bits per heavy atom. The van der Waals surface area contributed by atoms with Crippen LogP contribution in [0.2, 0.25) is 0 Å². The molecule has 0 amide bonds. The summed E-state index contributed by atoms with van der Waals surface area (Å²) in [4.78, 5) is 23.0. The van der Waals surface area contributed by atoms with Crippen LogP contribution in [0.3, 0.4) is 0 Å². The first-order valence-electron chi connectivity index (χ1n) is 8.11. The molecule has 3 rings (SSSR count). The molecule has 1 aliphatic heterocycles. The highest BCUT2D eigenvalue weighted by Gasteiger charge is 2.29. The first-order chi connectivity index (χ1) is 12.9. The van der Waals surface area contributed by atoms with Gasteiger partial charge >= 0.3 is 11.9 Å². The van der Waals surface area contributed by atoms with Gasteiger partial charge in [-0.2, -0.15) is 0 Å². The zero-order chi connectivity index (χ0) is 19.3. The second-order valence-electron chi connectivity index (χ2n) is 5.69. The zero-order valence-corrected chi connectivity index (χ0v) is 15.0. The summed E-state index contributed by atoms with van der Waals surface area (Å²) in [5.41, 5.74) is 0.603. The van der Waals surface area contributed by atoms with E-state index in [1.54, 1.807) is 24.3 Å². The predicted octanol–water partition coefficient (Wildman–Crippen LogP) is 1.63. The maximum atomic E-state index is 12.2. The van der Waals surface area contributed by atoms with E-state index < -0.39 is 28.1 Å². The summed E-state index contributed by atoms with van der Waals surface area (Å²) in [7, 11) is -3.68. The third-order valence-corrected chi connectivity index (χ3v) is 5.18. The molecular weight excluding hydrogens is 374 g/mol. The third kappa shape index (κ3) is 5.05. The number of furan rings is 1. The largest absolute Gasteiger partial charge is 0.468 e. The van der Waals surface area contributed by atoms with Gasteiger partial charge in [-0.3, -0.25) is 0 Å². The van der Waals surface area contributed by atoms with Gasteiger partial charge in [0.15, 0.2) is 0 Å². The van der Waals surface area contributed by atoms with Crippen molar-refractivity contribution in [1.29, 1.82) is 0 Å². The van der Waals surface area contributed by atoms with Crippen LogP contribution in [0.15, 0.2) is 58.1 Å². The standard InChI is InChI=1S/C18H17NO7S/c20-17(26-16-9-11-25-18(16)21)8-5-13-3-6-15(7-4-13)27(22,23)19-12-14-2-1-10-24-14/h1-8,10,16,19H,9,11-12H2. The lowest BCUT2D eigenvalue weighted by atomic mass is 10.2. The summed E-state index contributed by atoms with van der Waals surface area (Å²) in [6.07, 6.45) is 3.58. The van der Waals surface area contributed by atoms with Crippen LogP contribution in [0.4, 0.5) is 0 Å². The molecule has 0 spiro atoms. The van der Waals surface area contributed by atoms with E-state index in [4.69, 9.17) is 13.9 Å². The molecule has 0 radical (unpaired) electrons. The molecule has 1 aromatic carbocycles. The fourth-order valence-corrected chi connectivity index (χ4v) is 3.34. The van der Waals surface area contributed by atoms with Gasteiger partial charge in [0, 0.05) is 12.5 Å². The lowest BCUT2D eigenvalue weighted by molar-refractivity contribution is -0.156. The average Bonchev–Trinajstić information content (AvgIpc) is 3.31. The van der Waals surface area contributed by atoms with Crippen molar-refractivity contribution < 1.29 is 31.9 Å². The molecule has 27 heavy (non-hydrogen) atoms. The second-order valence-corrected chi connectivity index (χ2v) is 7.45. The molecule has 2 heterocycles. The third-order valence-electron chi connectivity index (χ3n) is 3.76. The quantitative estimate of drug-likeness (QED) is 0.564. The molecule has 0 bridgehead atoms. The summed E-state index contributed by atoms with van der Waals surface area (Å²) in [6, 6.07) is 9.28. The van der Waals surface area contributed by atoms with Gasteiger partial charge in [-0.1, -0.05) is 12.1 Å². The van der Waals surface area contributed by atoms with Crippen molar-refractivity contribution in [3.63, 3.8) is 0 Å². The molecule has 2 aromatic rings. The molecule has 1 atom stereocenters. The number of carbonyl (C=O) groups excluding carboxylic acids is 2. The van der Waals surface area contributed by atoms with Gasteiger partial charge in [0.2, 0.25) is 16.1 Å². The summed E-state index contributed by atoms with van der Waals surface area (Å²) >= 11 is 0. The van der Waals surface area contributed by atoms with Gasteiger partial charge in [0.1, 0.15) is 5.76 Å². The first-order valence-corrected chi connectivity index (χ1v) is 9.60. The molecule has 9 heteroatoms. The van der Waals surface area contributed by atoms with Crippen molar-refractivity contribution in [1.82, 2.24) is 4.72 Å². The van der Waals surface area contributed by atoms with Crippen molar-refractivity contribution in [2.45, 2.75) is 24.0 Å². The molecule has 142 valence electrons. The number of sulfonamides is 1. The highest BCUT2D eigenvalue weighted by Crippen LogP contribution is 2.14. The van der Waals surface area contributed by atoms with Crippen molar-refractivity contribution in [3.8, 4) is 0 Å². The van der Waals surface area contributed by atoms with E-state index in [0.29, 0.717) is 17.7 Å². The number of hydrogen-bond donors (Lipinski definition) is 1. The van der Waals surface area contributed by atoms with Gasteiger partial charge < -0.3 is 13.9 Å². The molecule has 1 aliphatic rings. The number of benzene rings is 1. The summed E-state index contributed by atoms with van der Waals surface area (Å²) in [5.74, 6) is -0.716. The minimum atomic E-state index is -3.68. The topological polar surface area (TPSA) is 112 Å². The monoisotopic (exact) mass is 391 g/mol. The van der Waals surface area contributed by atoms with E-state index in [2.05, 4.69) is 4.72 Å². The fourth-order valence-electron chi connectivity index (χ4n) is 2.35. The Bertz CT molecular complexity index is 931. The smallest absolute Gasteiger partial charge is 0.347 e. The van der Waals surface area contributed by atoms with E-state index in [9.17, 15) is 18.0 Å². The van der Waals surface area contributed by atoms with E-state index in [0.717, 1.165) is 0 Å². The van der Waals surface area contributed by atoms with Crippen LogP contribution in [0.1, 0.15) is 17.7 Å². The van der Waals surface area contributed by atoms with E-state index in [1.807, 2.05) is 0 Å². The molecule has 0 saturated carbocycles. The Labute approximate surface area is 155 Å². The first kappa shape index (κ1) is 18.9. The number of rotatable bonds is 7. The van der Waals surface area contributed by atoms with Gasteiger partial charge in [-0.25, -0.2) is 22.7 Å². The molecule has 1 unspecified atom stereocenters. The zero-order valence-electron chi connectivity index (χ0n) is 14.2. The number of hydrogen-bond acceptors (Lipinski definition) is 7. The Morgan fingerprint density at radius 1 is 1.26 bits per heavy atom. The number of nitrogens with one attached hydrogen (secondary N) is 1. The molecule has 1 N–H and O–H groups in total. The molecule has 8 nitrogen and oxygen atoms in total. The lowest BCUT2D eigenvalue weighted by Crippen LogP contribution is -2.22. The highest BCUT2D eigenvalue weighted by atomic mass is 32.2. The van der Waals surface area contributed by atoms with E-state index in [1.165, 1.54) is 30.5 Å². The number of ether oxygens (including phenoxy) is 2. The average molecular weight is 391 g/mol. The Morgan fingerprint density at radius 2 is 2.04 bits per heavy atom. The fraction of sp³-hybridized carbons (Fsp3) is 0.222. The van der Waals surface area contributed by atoms with Crippen molar-refractivity contribution in [2.75, 3.05) is 6.61 Å². The van der Waals surface area contributed by atoms with Crippen LogP contribution in [0.5, 0.6) is 0 Å². The Balaban J connectivity index is 1.57. The van der Waals surface area contributed by atoms with Crippen LogP contribution in [-0.2, 0) is 35.6 Å². The number of esters is 2. The summed E-state index contributed by atoms with van der Waals surface area (Å²) in [6.45, 7) is 0.289. The number of carbonyl (C=O) groups is 2. The number of cyclic esters (lactones) is 1. The maximum Gasteiger partial charge on any atom is 0.347 e. The maximum absolute atomic E-state index is 12.2.